The van der Waals surface area contributed by atoms with Gasteiger partial charge in [0.05, 0.1) is 12.3 Å². The Morgan fingerprint density at radius 3 is 2.95 bits per heavy atom. The van der Waals surface area contributed by atoms with E-state index in [0.29, 0.717) is 0 Å². The van der Waals surface area contributed by atoms with Gasteiger partial charge in [0.1, 0.15) is 17.4 Å². The molecule has 0 unspecified atom stereocenters. The molecule has 1 aromatic heterocycles. The third-order valence-corrected chi connectivity index (χ3v) is 3.33. The zero-order chi connectivity index (χ0) is 13.2. The number of hydrogen-bond donors (Lipinski definition) is 1. The SMILES string of the molecule is CCc1nc(NC)cc(-c2ccc3c(c2)CCO3)n1. The highest BCUT2D eigenvalue weighted by atomic mass is 16.5. The molecule has 0 atom stereocenters. The molecule has 2 aromatic rings. The molecule has 0 saturated heterocycles. The van der Waals surface area contributed by atoms with Crippen LogP contribution in [0.1, 0.15) is 18.3 Å². The molecule has 98 valence electrons. The van der Waals surface area contributed by atoms with Crippen LogP contribution in [0.3, 0.4) is 0 Å². The summed E-state index contributed by atoms with van der Waals surface area (Å²) in [6.07, 6.45) is 1.81. The lowest BCUT2D eigenvalue weighted by molar-refractivity contribution is 0.357. The number of hydrogen-bond acceptors (Lipinski definition) is 4. The first-order chi connectivity index (χ1) is 9.30. The lowest BCUT2D eigenvalue weighted by atomic mass is 10.1. The van der Waals surface area contributed by atoms with E-state index in [2.05, 4.69) is 34.3 Å². The van der Waals surface area contributed by atoms with E-state index in [9.17, 15) is 0 Å². The predicted octanol–water partition coefficient (Wildman–Crippen LogP) is 2.68. The van der Waals surface area contributed by atoms with Gasteiger partial charge in [-0.25, -0.2) is 9.97 Å². The molecule has 19 heavy (non-hydrogen) atoms. The van der Waals surface area contributed by atoms with Gasteiger partial charge in [0.25, 0.3) is 0 Å². The van der Waals surface area contributed by atoms with Crippen LogP contribution in [0.2, 0.25) is 0 Å². The molecule has 1 aliphatic heterocycles. The number of anilines is 1. The fourth-order valence-corrected chi connectivity index (χ4v) is 2.28. The molecule has 0 spiro atoms. The molecule has 3 rings (SSSR count). The van der Waals surface area contributed by atoms with Crippen molar-refractivity contribution >= 4 is 5.82 Å². The first-order valence-corrected chi connectivity index (χ1v) is 6.62. The number of aromatic nitrogens is 2. The molecule has 1 aromatic carbocycles. The largest absolute Gasteiger partial charge is 0.493 e. The van der Waals surface area contributed by atoms with Crippen LogP contribution in [0, 0.1) is 0 Å². The van der Waals surface area contributed by atoms with Gasteiger partial charge in [-0.1, -0.05) is 6.92 Å². The highest BCUT2D eigenvalue weighted by Crippen LogP contribution is 2.30. The van der Waals surface area contributed by atoms with Crippen LogP contribution in [0.15, 0.2) is 24.3 Å². The summed E-state index contributed by atoms with van der Waals surface area (Å²) >= 11 is 0. The minimum absolute atomic E-state index is 0.782. The van der Waals surface area contributed by atoms with Crippen molar-refractivity contribution in [2.45, 2.75) is 19.8 Å². The van der Waals surface area contributed by atoms with Crippen LogP contribution in [-0.2, 0) is 12.8 Å². The number of fused-ring (bicyclic) bond motifs is 1. The van der Waals surface area contributed by atoms with Crippen molar-refractivity contribution in [2.24, 2.45) is 0 Å². The summed E-state index contributed by atoms with van der Waals surface area (Å²) in [5.74, 6) is 2.72. The quantitative estimate of drug-likeness (QED) is 0.916. The van der Waals surface area contributed by atoms with Gasteiger partial charge in [0.2, 0.25) is 0 Å². The Kier molecular flexibility index (Phi) is 3.07. The first-order valence-electron chi connectivity index (χ1n) is 6.62. The molecule has 2 heterocycles. The topological polar surface area (TPSA) is 47.0 Å². The van der Waals surface area contributed by atoms with Crippen molar-refractivity contribution in [3.05, 3.63) is 35.7 Å². The third kappa shape index (κ3) is 2.26. The highest BCUT2D eigenvalue weighted by molar-refractivity contribution is 5.65. The van der Waals surface area contributed by atoms with Gasteiger partial charge in [0, 0.05) is 31.5 Å². The monoisotopic (exact) mass is 255 g/mol. The number of benzene rings is 1. The Bertz CT molecular complexity index is 588. The van der Waals surface area contributed by atoms with Crippen LogP contribution in [-0.4, -0.2) is 23.6 Å². The minimum atomic E-state index is 0.782. The van der Waals surface area contributed by atoms with E-state index in [1.54, 1.807) is 0 Å². The van der Waals surface area contributed by atoms with Crippen molar-refractivity contribution in [3.8, 4) is 17.0 Å². The van der Waals surface area contributed by atoms with Crippen molar-refractivity contribution in [2.75, 3.05) is 19.0 Å². The van der Waals surface area contributed by atoms with E-state index in [1.807, 2.05) is 19.2 Å². The van der Waals surface area contributed by atoms with E-state index >= 15 is 0 Å². The van der Waals surface area contributed by atoms with E-state index in [4.69, 9.17) is 4.74 Å². The molecule has 1 aliphatic rings. The number of nitrogens with zero attached hydrogens (tertiary/aromatic N) is 2. The maximum absolute atomic E-state index is 5.53. The van der Waals surface area contributed by atoms with Crippen LogP contribution < -0.4 is 10.1 Å². The van der Waals surface area contributed by atoms with Crippen LogP contribution in [0.5, 0.6) is 5.75 Å². The van der Waals surface area contributed by atoms with Gasteiger partial charge in [-0.2, -0.15) is 0 Å². The second-order valence-corrected chi connectivity index (χ2v) is 4.58. The summed E-state index contributed by atoms with van der Waals surface area (Å²) in [7, 11) is 1.88. The number of aryl methyl sites for hydroxylation is 1. The van der Waals surface area contributed by atoms with Crippen molar-refractivity contribution in [3.63, 3.8) is 0 Å². The molecular formula is C15H17N3O. The summed E-state index contributed by atoms with van der Waals surface area (Å²) in [6, 6.07) is 8.25. The summed E-state index contributed by atoms with van der Waals surface area (Å²) < 4.78 is 5.53. The molecule has 0 radical (unpaired) electrons. The third-order valence-electron chi connectivity index (χ3n) is 3.33. The number of rotatable bonds is 3. The smallest absolute Gasteiger partial charge is 0.131 e. The van der Waals surface area contributed by atoms with Gasteiger partial charge in [-0.3, -0.25) is 0 Å². The average Bonchev–Trinajstić information content (AvgIpc) is 2.94. The fraction of sp³-hybridized carbons (Fsp3) is 0.333. The zero-order valence-electron chi connectivity index (χ0n) is 11.2. The van der Waals surface area contributed by atoms with Gasteiger partial charge in [-0.15, -0.1) is 0 Å². The number of nitrogens with one attached hydrogen (secondary N) is 1. The maximum Gasteiger partial charge on any atom is 0.131 e. The highest BCUT2D eigenvalue weighted by Gasteiger charge is 2.13. The Labute approximate surface area is 112 Å². The fourth-order valence-electron chi connectivity index (χ4n) is 2.28. The van der Waals surface area contributed by atoms with E-state index in [0.717, 1.165) is 48.1 Å². The summed E-state index contributed by atoms with van der Waals surface area (Å²) in [5.41, 5.74) is 3.35. The molecule has 0 fully saturated rings. The summed E-state index contributed by atoms with van der Waals surface area (Å²) in [6.45, 7) is 2.85. The van der Waals surface area contributed by atoms with Crippen molar-refractivity contribution in [1.29, 1.82) is 0 Å². The molecule has 0 saturated carbocycles. The second-order valence-electron chi connectivity index (χ2n) is 4.58. The second kappa shape index (κ2) is 4.88. The van der Waals surface area contributed by atoms with Crippen molar-refractivity contribution in [1.82, 2.24) is 9.97 Å². The van der Waals surface area contributed by atoms with E-state index in [1.165, 1.54) is 5.56 Å². The summed E-state index contributed by atoms with van der Waals surface area (Å²) in [5, 5.41) is 3.09. The maximum atomic E-state index is 5.53. The zero-order valence-corrected chi connectivity index (χ0v) is 11.2. The van der Waals surface area contributed by atoms with Crippen molar-refractivity contribution < 1.29 is 4.74 Å². The molecule has 1 N–H and O–H groups in total. The van der Waals surface area contributed by atoms with E-state index < -0.39 is 0 Å². The normalized spacial score (nSPS) is 12.9. The van der Waals surface area contributed by atoms with Crippen LogP contribution in [0.4, 0.5) is 5.82 Å². The van der Waals surface area contributed by atoms with Gasteiger partial charge in [0.15, 0.2) is 0 Å². The molecule has 4 nitrogen and oxygen atoms in total. The predicted molar refractivity (Wildman–Crippen MR) is 75.6 cm³/mol. The van der Waals surface area contributed by atoms with Gasteiger partial charge in [-0.05, 0) is 23.8 Å². The number of ether oxygens (including phenoxy) is 1. The Morgan fingerprint density at radius 1 is 1.26 bits per heavy atom. The summed E-state index contributed by atoms with van der Waals surface area (Å²) in [4.78, 5) is 9.03. The van der Waals surface area contributed by atoms with Crippen LogP contribution in [0.25, 0.3) is 11.3 Å². The van der Waals surface area contributed by atoms with E-state index in [-0.39, 0.29) is 0 Å². The van der Waals surface area contributed by atoms with Gasteiger partial charge >= 0.3 is 0 Å². The molecule has 0 bridgehead atoms. The first kappa shape index (κ1) is 12.0. The minimum Gasteiger partial charge on any atom is -0.493 e. The standard InChI is InChI=1S/C15H17N3O/c1-3-14-17-12(9-15(16-2)18-14)10-4-5-13-11(8-10)6-7-19-13/h4-5,8-9H,3,6-7H2,1-2H3,(H,16,17,18). The Morgan fingerprint density at radius 2 is 2.16 bits per heavy atom. The molecule has 0 aliphatic carbocycles. The Balaban J connectivity index is 2.05. The lowest BCUT2D eigenvalue weighted by Crippen LogP contribution is -2.00. The molecule has 4 heteroatoms. The Hall–Kier alpha value is -2.10. The molecular weight excluding hydrogens is 238 g/mol. The molecule has 0 amide bonds. The lowest BCUT2D eigenvalue weighted by Gasteiger charge is -2.08. The average molecular weight is 255 g/mol. The van der Waals surface area contributed by atoms with Crippen LogP contribution >= 0.6 is 0 Å². The van der Waals surface area contributed by atoms with Gasteiger partial charge < -0.3 is 10.1 Å².